The van der Waals surface area contributed by atoms with Gasteiger partial charge in [0.25, 0.3) is 0 Å². The van der Waals surface area contributed by atoms with E-state index < -0.39 is 0 Å². The van der Waals surface area contributed by atoms with E-state index in [1.807, 2.05) is 18.2 Å². The van der Waals surface area contributed by atoms with Crippen molar-refractivity contribution < 1.29 is 14.3 Å². The van der Waals surface area contributed by atoms with Crippen LogP contribution in [0.3, 0.4) is 0 Å². The molecule has 0 aromatic heterocycles. The number of carbonyl (C=O) groups excluding carboxylic acids is 1. The Morgan fingerprint density at radius 2 is 1.65 bits per heavy atom. The molecule has 4 heteroatoms. The second kappa shape index (κ2) is 5.97. The molecule has 0 unspecified atom stereocenters. The van der Waals surface area contributed by atoms with E-state index in [0.717, 1.165) is 11.1 Å². The van der Waals surface area contributed by atoms with Gasteiger partial charge in [-0.1, -0.05) is 35.9 Å². The molecular formula is C16H15ClO3. The number of carbonyl (C=O) groups is 1. The van der Waals surface area contributed by atoms with Crippen LogP contribution < -0.4 is 9.47 Å². The summed E-state index contributed by atoms with van der Waals surface area (Å²) in [5, 5.41) is 0.433. The van der Waals surface area contributed by atoms with Gasteiger partial charge in [0.05, 0.1) is 14.2 Å². The summed E-state index contributed by atoms with van der Waals surface area (Å²) in [5.74, 6) is 1.16. The lowest BCUT2D eigenvalue weighted by molar-refractivity contribution is 0.101. The van der Waals surface area contributed by atoms with Gasteiger partial charge >= 0.3 is 0 Å². The minimum absolute atomic E-state index is 0.0382. The van der Waals surface area contributed by atoms with E-state index in [1.165, 1.54) is 0 Å². The Bertz CT molecular complexity index is 633. The summed E-state index contributed by atoms with van der Waals surface area (Å²) >= 11 is 6.24. The fraction of sp³-hybridized carbons (Fsp3) is 0.188. The molecule has 0 aliphatic heterocycles. The average molecular weight is 291 g/mol. The quantitative estimate of drug-likeness (QED) is 0.791. The molecule has 0 bridgehead atoms. The summed E-state index contributed by atoms with van der Waals surface area (Å²) < 4.78 is 10.5. The van der Waals surface area contributed by atoms with Crippen molar-refractivity contribution in [3.8, 4) is 22.6 Å². The van der Waals surface area contributed by atoms with Crippen LogP contribution in [0.5, 0.6) is 11.5 Å². The molecule has 0 saturated carbocycles. The second-order valence-corrected chi connectivity index (χ2v) is 4.67. The molecule has 3 nitrogen and oxygen atoms in total. The van der Waals surface area contributed by atoms with Gasteiger partial charge in [-0.2, -0.15) is 0 Å². The maximum atomic E-state index is 11.3. The maximum Gasteiger partial charge on any atom is 0.159 e. The van der Waals surface area contributed by atoms with Gasteiger partial charge in [0.15, 0.2) is 5.78 Å². The number of benzene rings is 2. The summed E-state index contributed by atoms with van der Waals surface area (Å²) in [6.45, 7) is 1.54. The Kier molecular flexibility index (Phi) is 4.30. The molecule has 0 aliphatic rings. The van der Waals surface area contributed by atoms with Crippen molar-refractivity contribution in [3.05, 3.63) is 47.0 Å². The lowest BCUT2D eigenvalue weighted by Crippen LogP contribution is -1.94. The van der Waals surface area contributed by atoms with Crippen LogP contribution in [0.1, 0.15) is 17.3 Å². The van der Waals surface area contributed by atoms with Crippen molar-refractivity contribution in [2.24, 2.45) is 0 Å². The fourth-order valence-electron chi connectivity index (χ4n) is 2.01. The van der Waals surface area contributed by atoms with Crippen LogP contribution in [-0.4, -0.2) is 20.0 Å². The van der Waals surface area contributed by atoms with Gasteiger partial charge in [0.2, 0.25) is 0 Å². The van der Waals surface area contributed by atoms with Gasteiger partial charge in [-0.25, -0.2) is 0 Å². The van der Waals surface area contributed by atoms with E-state index in [0.29, 0.717) is 22.1 Å². The van der Waals surface area contributed by atoms with Gasteiger partial charge < -0.3 is 9.47 Å². The van der Waals surface area contributed by atoms with Crippen LogP contribution in [0.15, 0.2) is 36.4 Å². The molecule has 0 spiro atoms. The van der Waals surface area contributed by atoms with Crippen LogP contribution in [-0.2, 0) is 0 Å². The molecular weight excluding hydrogens is 276 g/mol. The third-order valence-corrected chi connectivity index (χ3v) is 3.45. The summed E-state index contributed by atoms with van der Waals surface area (Å²) in [6, 6.07) is 11.0. The third kappa shape index (κ3) is 2.63. The van der Waals surface area contributed by atoms with Crippen molar-refractivity contribution in [3.63, 3.8) is 0 Å². The minimum Gasteiger partial charge on any atom is -0.495 e. The van der Waals surface area contributed by atoms with Crippen LogP contribution in [0.25, 0.3) is 11.1 Å². The molecule has 2 aromatic rings. The van der Waals surface area contributed by atoms with Crippen LogP contribution >= 0.6 is 11.6 Å². The van der Waals surface area contributed by atoms with Crippen molar-refractivity contribution in [1.29, 1.82) is 0 Å². The molecule has 0 radical (unpaired) electrons. The minimum atomic E-state index is 0.0382. The molecule has 0 atom stereocenters. The van der Waals surface area contributed by atoms with Gasteiger partial charge in [-0.3, -0.25) is 4.79 Å². The monoisotopic (exact) mass is 290 g/mol. The van der Waals surface area contributed by atoms with Crippen molar-refractivity contribution in [1.82, 2.24) is 0 Å². The van der Waals surface area contributed by atoms with Gasteiger partial charge in [0.1, 0.15) is 16.5 Å². The number of ether oxygens (including phenoxy) is 2. The zero-order chi connectivity index (χ0) is 14.7. The average Bonchev–Trinajstić information content (AvgIpc) is 2.47. The number of hydrogen-bond acceptors (Lipinski definition) is 3. The van der Waals surface area contributed by atoms with Gasteiger partial charge in [0, 0.05) is 11.1 Å². The molecule has 0 saturated heterocycles. The van der Waals surface area contributed by atoms with Crippen molar-refractivity contribution >= 4 is 17.4 Å². The number of halogens is 1. The molecule has 104 valence electrons. The van der Waals surface area contributed by atoms with Crippen molar-refractivity contribution in [2.75, 3.05) is 14.2 Å². The predicted octanol–water partition coefficient (Wildman–Crippen LogP) is 4.23. The van der Waals surface area contributed by atoms with E-state index in [9.17, 15) is 4.79 Å². The first-order valence-electron chi connectivity index (χ1n) is 6.10. The first-order chi connectivity index (χ1) is 9.58. The highest BCUT2D eigenvalue weighted by atomic mass is 35.5. The first-order valence-corrected chi connectivity index (χ1v) is 6.48. The molecule has 2 rings (SSSR count). The summed E-state index contributed by atoms with van der Waals surface area (Å²) in [6.07, 6.45) is 0. The molecule has 0 amide bonds. The number of methoxy groups -OCH3 is 2. The summed E-state index contributed by atoms with van der Waals surface area (Å²) in [7, 11) is 3.12. The van der Waals surface area contributed by atoms with Crippen molar-refractivity contribution in [2.45, 2.75) is 6.92 Å². The van der Waals surface area contributed by atoms with E-state index in [-0.39, 0.29) is 5.78 Å². The van der Waals surface area contributed by atoms with Crippen LogP contribution in [0.2, 0.25) is 5.02 Å². The highest BCUT2D eigenvalue weighted by Crippen LogP contribution is 2.41. The Morgan fingerprint density at radius 3 is 2.15 bits per heavy atom. The summed E-state index contributed by atoms with van der Waals surface area (Å²) in [4.78, 5) is 11.3. The highest BCUT2D eigenvalue weighted by molar-refractivity contribution is 6.34. The zero-order valence-corrected chi connectivity index (χ0v) is 12.3. The second-order valence-electron chi connectivity index (χ2n) is 4.30. The van der Waals surface area contributed by atoms with Crippen LogP contribution in [0, 0.1) is 0 Å². The van der Waals surface area contributed by atoms with Gasteiger partial charge in [-0.05, 0) is 24.6 Å². The first kappa shape index (κ1) is 14.4. The maximum absolute atomic E-state index is 11.3. The Morgan fingerprint density at radius 1 is 1.00 bits per heavy atom. The number of hydrogen-bond donors (Lipinski definition) is 0. The molecule has 0 heterocycles. The molecule has 0 aliphatic carbocycles. The molecule has 2 aromatic carbocycles. The predicted molar refractivity (Wildman–Crippen MR) is 80.0 cm³/mol. The molecule has 20 heavy (non-hydrogen) atoms. The van der Waals surface area contributed by atoms with E-state index in [1.54, 1.807) is 39.3 Å². The summed E-state index contributed by atoms with van der Waals surface area (Å²) in [5.41, 5.74) is 2.46. The zero-order valence-electron chi connectivity index (χ0n) is 11.6. The standard InChI is InChI=1S/C16H15ClO3/c1-10(18)11-4-6-12(7-5-11)13-8-9-14(19-2)15(17)16(13)20-3/h4-9H,1-3H3. The Labute approximate surface area is 123 Å². The SMILES string of the molecule is COc1ccc(-c2ccc(C(C)=O)cc2)c(OC)c1Cl. The van der Waals surface area contributed by atoms with E-state index in [2.05, 4.69) is 0 Å². The van der Waals surface area contributed by atoms with E-state index >= 15 is 0 Å². The van der Waals surface area contributed by atoms with E-state index in [4.69, 9.17) is 21.1 Å². The normalized spacial score (nSPS) is 10.2. The van der Waals surface area contributed by atoms with Crippen LogP contribution in [0.4, 0.5) is 0 Å². The lowest BCUT2D eigenvalue weighted by atomic mass is 10.0. The molecule has 0 fully saturated rings. The Hall–Kier alpha value is -2.00. The number of Topliss-reactive ketones (excluding diaryl/α,β-unsaturated/α-hetero) is 1. The number of rotatable bonds is 4. The largest absolute Gasteiger partial charge is 0.495 e. The topological polar surface area (TPSA) is 35.5 Å². The Balaban J connectivity index is 2.52. The third-order valence-electron chi connectivity index (χ3n) is 3.09. The number of ketones is 1. The lowest BCUT2D eigenvalue weighted by Gasteiger charge is -2.13. The smallest absolute Gasteiger partial charge is 0.159 e. The highest BCUT2D eigenvalue weighted by Gasteiger charge is 2.14. The molecule has 0 N–H and O–H groups in total. The fourth-order valence-corrected chi connectivity index (χ4v) is 2.33. The van der Waals surface area contributed by atoms with Gasteiger partial charge in [-0.15, -0.1) is 0 Å².